The third kappa shape index (κ3) is 4.33. The van der Waals surface area contributed by atoms with Gasteiger partial charge in [0, 0.05) is 27.4 Å². The van der Waals surface area contributed by atoms with Crippen LogP contribution in [-0.2, 0) is 10.1 Å². The first-order valence-corrected chi connectivity index (χ1v) is 13.2. The van der Waals surface area contributed by atoms with Crippen LogP contribution < -0.4 is 4.18 Å². The lowest BCUT2D eigenvalue weighted by molar-refractivity contribution is -0.0500. The van der Waals surface area contributed by atoms with Crippen LogP contribution in [0.5, 0.6) is 5.75 Å². The number of alkyl halides is 3. The monoisotopic (exact) mass is 550 g/mol. The van der Waals surface area contributed by atoms with Gasteiger partial charge >= 0.3 is 15.6 Å². The lowest BCUT2D eigenvalue weighted by Crippen LogP contribution is -2.29. The molecule has 0 aromatic heterocycles. The Bertz CT molecular complexity index is 1570. The van der Waals surface area contributed by atoms with Gasteiger partial charge in [0.15, 0.2) is 0 Å². The summed E-state index contributed by atoms with van der Waals surface area (Å²) in [6, 6.07) is 21.2. The summed E-state index contributed by atoms with van der Waals surface area (Å²) >= 11 is 12.2. The second-order valence-electron chi connectivity index (χ2n) is 8.80. The molecule has 5 rings (SSSR count). The Morgan fingerprint density at radius 3 is 1.81 bits per heavy atom. The van der Waals surface area contributed by atoms with Crippen LogP contribution in [0.1, 0.15) is 46.1 Å². The summed E-state index contributed by atoms with van der Waals surface area (Å²) in [5.41, 5.74) is -1.51. The molecule has 9 heteroatoms. The summed E-state index contributed by atoms with van der Waals surface area (Å²) in [6.07, 6.45) is 0.475. The minimum atomic E-state index is -5.87. The summed E-state index contributed by atoms with van der Waals surface area (Å²) in [4.78, 5) is 0. The van der Waals surface area contributed by atoms with Crippen LogP contribution in [0.2, 0.25) is 10.0 Å². The van der Waals surface area contributed by atoms with Crippen LogP contribution in [-0.4, -0.2) is 13.9 Å². The van der Waals surface area contributed by atoms with E-state index in [1.54, 1.807) is 42.5 Å². The van der Waals surface area contributed by atoms with E-state index in [1.165, 1.54) is 6.07 Å². The first-order valence-electron chi connectivity index (χ1n) is 11.0. The molecule has 36 heavy (non-hydrogen) atoms. The van der Waals surface area contributed by atoms with Gasteiger partial charge in [-0.2, -0.15) is 21.6 Å². The Morgan fingerprint density at radius 1 is 0.778 bits per heavy atom. The van der Waals surface area contributed by atoms with Crippen LogP contribution >= 0.6 is 23.2 Å². The van der Waals surface area contributed by atoms with Crippen LogP contribution in [0.4, 0.5) is 13.2 Å². The van der Waals surface area contributed by atoms with E-state index in [0.717, 1.165) is 27.6 Å². The molecule has 4 aromatic carbocycles. The maximum absolute atomic E-state index is 13.3. The quantitative estimate of drug-likeness (QED) is 0.189. The highest BCUT2D eigenvalue weighted by Crippen LogP contribution is 2.52. The van der Waals surface area contributed by atoms with Gasteiger partial charge in [-0.05, 0) is 76.7 Å². The summed E-state index contributed by atoms with van der Waals surface area (Å²) < 4.78 is 68.6. The predicted molar refractivity (Wildman–Crippen MR) is 135 cm³/mol. The van der Waals surface area contributed by atoms with Gasteiger partial charge in [-0.3, -0.25) is 0 Å². The van der Waals surface area contributed by atoms with Crippen molar-refractivity contribution in [2.75, 3.05) is 0 Å². The molecule has 0 saturated carbocycles. The van der Waals surface area contributed by atoms with E-state index < -0.39 is 21.5 Å². The maximum Gasteiger partial charge on any atom is 0.534 e. The van der Waals surface area contributed by atoms with E-state index in [0.29, 0.717) is 27.4 Å². The van der Waals surface area contributed by atoms with E-state index in [1.807, 2.05) is 31.2 Å². The SMILES string of the molecule is Cc1ccc2ccc(OS(=O)(=O)C(F)(F)F)c3c2c1[C@H](c1ccc(Cl)cc1)CC3c1ccc(Cl)cc1. The predicted octanol–water partition coefficient (Wildman–Crippen LogP) is 8.35. The smallest absolute Gasteiger partial charge is 0.376 e. The molecule has 0 amide bonds. The van der Waals surface area contributed by atoms with Crippen molar-refractivity contribution in [3.05, 3.63) is 111 Å². The minimum Gasteiger partial charge on any atom is -0.376 e. The molecule has 186 valence electrons. The molecule has 0 spiro atoms. The van der Waals surface area contributed by atoms with Gasteiger partial charge in [0.25, 0.3) is 0 Å². The third-order valence-electron chi connectivity index (χ3n) is 6.64. The number of hydrogen-bond acceptors (Lipinski definition) is 3. The van der Waals surface area contributed by atoms with Crippen LogP contribution in [0.3, 0.4) is 0 Å². The molecule has 3 nitrogen and oxygen atoms in total. The average molecular weight is 551 g/mol. The fraction of sp³-hybridized carbons (Fsp3) is 0.185. The fourth-order valence-electron chi connectivity index (χ4n) is 5.06. The van der Waals surface area contributed by atoms with E-state index in [2.05, 4.69) is 0 Å². The first kappa shape index (κ1) is 24.9. The minimum absolute atomic E-state index is 0.117. The van der Waals surface area contributed by atoms with E-state index in [-0.39, 0.29) is 11.7 Å². The van der Waals surface area contributed by atoms with Crippen molar-refractivity contribution >= 4 is 44.1 Å². The highest BCUT2D eigenvalue weighted by Gasteiger charge is 2.49. The average Bonchev–Trinajstić information content (AvgIpc) is 2.82. The Hall–Kier alpha value is -2.74. The molecular formula is C27H19Cl2F3O3S. The van der Waals surface area contributed by atoms with Gasteiger partial charge in [-0.25, -0.2) is 0 Å². The lowest BCUT2D eigenvalue weighted by atomic mass is 9.69. The molecule has 1 aliphatic carbocycles. The first-order chi connectivity index (χ1) is 17.0. The van der Waals surface area contributed by atoms with Crippen molar-refractivity contribution in [3.63, 3.8) is 0 Å². The third-order valence-corrected chi connectivity index (χ3v) is 8.11. The second kappa shape index (κ2) is 8.98. The van der Waals surface area contributed by atoms with E-state index in [9.17, 15) is 21.6 Å². The fourth-order valence-corrected chi connectivity index (χ4v) is 5.79. The molecule has 2 atom stereocenters. The molecule has 0 saturated heterocycles. The molecule has 0 fully saturated rings. The summed E-state index contributed by atoms with van der Waals surface area (Å²) in [6.45, 7) is 1.93. The normalized spacial score (nSPS) is 17.8. The molecular weight excluding hydrogens is 532 g/mol. The Morgan fingerprint density at radius 2 is 1.28 bits per heavy atom. The van der Waals surface area contributed by atoms with Crippen LogP contribution in [0.25, 0.3) is 10.8 Å². The van der Waals surface area contributed by atoms with Crippen molar-refractivity contribution in [3.8, 4) is 5.75 Å². The molecule has 1 aliphatic rings. The van der Waals surface area contributed by atoms with Gasteiger partial charge in [-0.15, -0.1) is 0 Å². The van der Waals surface area contributed by atoms with Crippen LogP contribution in [0, 0.1) is 6.92 Å². The zero-order valence-electron chi connectivity index (χ0n) is 18.8. The number of benzene rings is 4. The van der Waals surface area contributed by atoms with E-state index in [4.69, 9.17) is 27.4 Å². The molecule has 1 unspecified atom stereocenters. The Balaban J connectivity index is 1.83. The standard InChI is InChI=1S/C27H19Cl2F3O3S/c1-15-2-3-18-8-13-23(35-36(33,34)27(30,31)32)26-22(17-6-11-20(29)12-7-17)14-21(24(15)25(18)26)16-4-9-19(28)10-5-16/h2-13,21-22H,14H2,1H3/t21-,22?/m0/s1. The number of halogens is 5. The van der Waals surface area contributed by atoms with Gasteiger partial charge in [0.1, 0.15) is 5.75 Å². The highest BCUT2D eigenvalue weighted by molar-refractivity contribution is 7.88. The van der Waals surface area contributed by atoms with Crippen molar-refractivity contribution in [1.82, 2.24) is 0 Å². The van der Waals surface area contributed by atoms with Crippen molar-refractivity contribution in [2.45, 2.75) is 30.7 Å². The highest BCUT2D eigenvalue weighted by atomic mass is 35.5. The van der Waals surface area contributed by atoms with Crippen molar-refractivity contribution in [1.29, 1.82) is 0 Å². The van der Waals surface area contributed by atoms with Gasteiger partial charge < -0.3 is 4.18 Å². The van der Waals surface area contributed by atoms with Gasteiger partial charge in [0.2, 0.25) is 0 Å². The summed E-state index contributed by atoms with van der Waals surface area (Å²) in [5.74, 6) is -0.908. The number of aryl methyl sites for hydroxylation is 1. The van der Waals surface area contributed by atoms with Crippen molar-refractivity contribution in [2.24, 2.45) is 0 Å². The topological polar surface area (TPSA) is 43.4 Å². The largest absolute Gasteiger partial charge is 0.534 e. The Kier molecular flexibility index (Phi) is 6.22. The number of rotatable bonds is 4. The van der Waals surface area contributed by atoms with Crippen molar-refractivity contribution < 1.29 is 25.8 Å². The molecule has 0 radical (unpaired) electrons. The molecule has 0 heterocycles. The lowest BCUT2D eigenvalue weighted by Gasteiger charge is -2.35. The molecule has 0 aliphatic heterocycles. The maximum atomic E-state index is 13.3. The van der Waals surface area contributed by atoms with Crippen LogP contribution in [0.15, 0.2) is 72.8 Å². The molecule has 0 N–H and O–H groups in total. The zero-order chi connectivity index (χ0) is 25.8. The Labute approximate surface area is 216 Å². The second-order valence-corrected chi connectivity index (χ2v) is 11.2. The van der Waals surface area contributed by atoms with E-state index >= 15 is 0 Å². The van der Waals surface area contributed by atoms with Gasteiger partial charge in [-0.1, -0.05) is 65.7 Å². The summed E-state index contributed by atoms with van der Waals surface area (Å²) in [5, 5.41) is 2.57. The zero-order valence-corrected chi connectivity index (χ0v) is 21.1. The number of hydrogen-bond donors (Lipinski definition) is 0. The summed E-state index contributed by atoms with van der Waals surface area (Å²) in [7, 11) is -5.87. The molecule has 4 aromatic rings. The molecule has 0 bridgehead atoms. The van der Waals surface area contributed by atoms with Gasteiger partial charge in [0.05, 0.1) is 0 Å².